The Bertz CT molecular complexity index is 640. The van der Waals surface area contributed by atoms with Gasteiger partial charge in [0, 0.05) is 5.56 Å². The first-order valence-electron chi connectivity index (χ1n) is 6.91. The number of ether oxygens (including phenoxy) is 1. The Kier molecular flexibility index (Phi) is 4.93. The molecule has 3 nitrogen and oxygen atoms in total. The number of carbonyl (C=O) groups is 1. The number of aryl methyl sites for hydroxylation is 1. The maximum Gasteiger partial charge on any atom is 0.255 e. The van der Waals surface area contributed by atoms with Crippen molar-refractivity contribution in [2.45, 2.75) is 20.3 Å². The maximum atomic E-state index is 13.5. The van der Waals surface area contributed by atoms with E-state index in [1.807, 2.05) is 19.1 Å². The van der Waals surface area contributed by atoms with Crippen LogP contribution in [0.25, 0.3) is 0 Å². The summed E-state index contributed by atoms with van der Waals surface area (Å²) < 4.78 is 19.1. The molecule has 1 N–H and O–H groups in total. The summed E-state index contributed by atoms with van der Waals surface area (Å²) in [6.45, 7) is 4.24. The Morgan fingerprint density at radius 3 is 2.71 bits per heavy atom. The van der Waals surface area contributed by atoms with Gasteiger partial charge in [0.1, 0.15) is 11.6 Å². The first-order valence-corrected chi connectivity index (χ1v) is 6.91. The molecule has 0 atom stereocenters. The minimum atomic E-state index is -0.391. The third-order valence-electron chi connectivity index (χ3n) is 3.03. The fourth-order valence-electron chi connectivity index (χ4n) is 1.84. The summed E-state index contributed by atoms with van der Waals surface area (Å²) in [5.74, 6) is -0.139. The van der Waals surface area contributed by atoms with Crippen molar-refractivity contribution in [3.63, 3.8) is 0 Å². The van der Waals surface area contributed by atoms with Crippen molar-refractivity contribution in [2.75, 3.05) is 11.9 Å². The molecule has 0 aromatic heterocycles. The van der Waals surface area contributed by atoms with Gasteiger partial charge < -0.3 is 10.1 Å². The molecule has 2 aromatic rings. The van der Waals surface area contributed by atoms with Gasteiger partial charge in [-0.2, -0.15) is 0 Å². The van der Waals surface area contributed by atoms with Crippen molar-refractivity contribution >= 4 is 11.6 Å². The predicted octanol–water partition coefficient (Wildman–Crippen LogP) is 4.18. The lowest BCUT2D eigenvalue weighted by molar-refractivity contribution is 0.102. The number of rotatable bonds is 5. The average Bonchev–Trinajstić information content (AvgIpc) is 2.49. The topological polar surface area (TPSA) is 38.3 Å². The largest absolute Gasteiger partial charge is 0.491 e. The van der Waals surface area contributed by atoms with E-state index in [2.05, 4.69) is 5.32 Å². The van der Waals surface area contributed by atoms with E-state index in [1.54, 1.807) is 31.2 Å². The summed E-state index contributed by atoms with van der Waals surface area (Å²) in [5.41, 5.74) is 1.37. The highest BCUT2D eigenvalue weighted by atomic mass is 19.1. The van der Waals surface area contributed by atoms with Crippen LogP contribution >= 0.6 is 0 Å². The van der Waals surface area contributed by atoms with Crippen LogP contribution in [0.5, 0.6) is 5.75 Å². The number of hydrogen-bond donors (Lipinski definition) is 1. The van der Waals surface area contributed by atoms with Gasteiger partial charge in [0.15, 0.2) is 0 Å². The SMILES string of the molecule is CCCOc1ccccc1NC(=O)c1ccc(C)c(F)c1. The molecule has 0 saturated heterocycles. The summed E-state index contributed by atoms with van der Waals surface area (Å²) in [6.07, 6.45) is 0.880. The van der Waals surface area contributed by atoms with Crippen molar-refractivity contribution in [3.05, 3.63) is 59.4 Å². The third-order valence-corrected chi connectivity index (χ3v) is 3.03. The Morgan fingerprint density at radius 1 is 1.24 bits per heavy atom. The first kappa shape index (κ1) is 15.0. The highest BCUT2D eigenvalue weighted by molar-refractivity contribution is 6.05. The van der Waals surface area contributed by atoms with Crippen LogP contribution in [0.15, 0.2) is 42.5 Å². The lowest BCUT2D eigenvalue weighted by Crippen LogP contribution is -2.13. The molecule has 1 amide bonds. The fraction of sp³-hybridized carbons (Fsp3) is 0.235. The minimum Gasteiger partial charge on any atom is -0.491 e. The molecule has 0 heterocycles. The van der Waals surface area contributed by atoms with E-state index < -0.39 is 5.82 Å². The molecule has 2 rings (SSSR count). The Morgan fingerprint density at radius 2 is 2.00 bits per heavy atom. The molecule has 0 radical (unpaired) electrons. The number of para-hydroxylation sites is 2. The molecule has 0 bridgehead atoms. The number of carbonyl (C=O) groups excluding carboxylic acids is 1. The van der Waals surface area contributed by atoms with E-state index in [-0.39, 0.29) is 11.5 Å². The Balaban J connectivity index is 2.17. The summed E-state index contributed by atoms with van der Waals surface area (Å²) in [4.78, 5) is 12.2. The van der Waals surface area contributed by atoms with Gasteiger partial charge in [-0.15, -0.1) is 0 Å². The number of nitrogens with one attached hydrogen (secondary N) is 1. The van der Waals surface area contributed by atoms with Gasteiger partial charge in [0.25, 0.3) is 5.91 Å². The molecule has 0 aliphatic rings. The van der Waals surface area contributed by atoms with Crippen molar-refractivity contribution in [1.29, 1.82) is 0 Å². The van der Waals surface area contributed by atoms with Crippen LogP contribution in [0.2, 0.25) is 0 Å². The maximum absolute atomic E-state index is 13.5. The smallest absolute Gasteiger partial charge is 0.255 e. The zero-order valence-corrected chi connectivity index (χ0v) is 12.2. The van der Waals surface area contributed by atoms with Crippen LogP contribution < -0.4 is 10.1 Å². The molecule has 21 heavy (non-hydrogen) atoms. The molecule has 0 aliphatic heterocycles. The normalized spacial score (nSPS) is 10.2. The molecule has 0 aliphatic carbocycles. The number of amides is 1. The Hall–Kier alpha value is -2.36. The zero-order chi connectivity index (χ0) is 15.2. The van der Waals surface area contributed by atoms with Crippen LogP contribution in [0.3, 0.4) is 0 Å². The molecular formula is C17H18FNO2. The number of hydrogen-bond acceptors (Lipinski definition) is 2. The fourth-order valence-corrected chi connectivity index (χ4v) is 1.84. The number of halogens is 1. The van der Waals surface area contributed by atoms with Crippen molar-refractivity contribution in [1.82, 2.24) is 0 Å². The molecule has 4 heteroatoms. The van der Waals surface area contributed by atoms with E-state index in [1.165, 1.54) is 6.07 Å². The van der Waals surface area contributed by atoms with Gasteiger partial charge in [-0.25, -0.2) is 4.39 Å². The quantitative estimate of drug-likeness (QED) is 0.896. The molecule has 0 fully saturated rings. The molecule has 110 valence electrons. The van der Waals surface area contributed by atoms with E-state index in [4.69, 9.17) is 4.74 Å². The summed E-state index contributed by atoms with van der Waals surface area (Å²) in [7, 11) is 0. The minimum absolute atomic E-state index is 0.281. The second-order valence-electron chi connectivity index (χ2n) is 4.76. The highest BCUT2D eigenvalue weighted by Gasteiger charge is 2.11. The standard InChI is InChI=1S/C17H18FNO2/c1-3-10-21-16-7-5-4-6-15(16)19-17(20)13-9-8-12(2)14(18)11-13/h4-9,11H,3,10H2,1-2H3,(H,19,20). The van der Waals surface area contributed by atoms with Crippen molar-refractivity contribution in [3.8, 4) is 5.75 Å². The summed E-state index contributed by atoms with van der Waals surface area (Å²) in [5, 5.41) is 2.75. The van der Waals surface area contributed by atoms with Crippen LogP contribution in [0, 0.1) is 12.7 Å². The van der Waals surface area contributed by atoms with Crippen molar-refractivity contribution in [2.24, 2.45) is 0 Å². The number of anilines is 1. The zero-order valence-electron chi connectivity index (χ0n) is 12.2. The lowest BCUT2D eigenvalue weighted by atomic mass is 10.1. The van der Waals surface area contributed by atoms with Gasteiger partial charge in [-0.3, -0.25) is 4.79 Å². The van der Waals surface area contributed by atoms with Gasteiger partial charge in [0.05, 0.1) is 12.3 Å². The molecule has 0 spiro atoms. The van der Waals surface area contributed by atoms with Crippen LogP contribution in [0.1, 0.15) is 29.3 Å². The van der Waals surface area contributed by atoms with Crippen LogP contribution in [0.4, 0.5) is 10.1 Å². The number of benzene rings is 2. The van der Waals surface area contributed by atoms with Gasteiger partial charge in [-0.05, 0) is 43.2 Å². The second kappa shape index (κ2) is 6.88. The molecule has 2 aromatic carbocycles. The van der Waals surface area contributed by atoms with Gasteiger partial charge >= 0.3 is 0 Å². The average molecular weight is 287 g/mol. The van der Waals surface area contributed by atoms with Crippen molar-refractivity contribution < 1.29 is 13.9 Å². The predicted molar refractivity (Wildman–Crippen MR) is 81.3 cm³/mol. The van der Waals surface area contributed by atoms with Gasteiger partial charge in [-0.1, -0.05) is 25.1 Å². The summed E-state index contributed by atoms with van der Waals surface area (Å²) >= 11 is 0. The monoisotopic (exact) mass is 287 g/mol. The van der Waals surface area contributed by atoms with Gasteiger partial charge in [0.2, 0.25) is 0 Å². The van der Waals surface area contributed by atoms with E-state index >= 15 is 0 Å². The second-order valence-corrected chi connectivity index (χ2v) is 4.76. The molecular weight excluding hydrogens is 269 g/mol. The first-order chi connectivity index (χ1) is 10.1. The van der Waals surface area contributed by atoms with E-state index in [0.29, 0.717) is 23.6 Å². The lowest BCUT2D eigenvalue weighted by Gasteiger charge is -2.12. The highest BCUT2D eigenvalue weighted by Crippen LogP contribution is 2.24. The molecule has 0 saturated carbocycles. The third kappa shape index (κ3) is 3.81. The summed E-state index contributed by atoms with van der Waals surface area (Å²) in [6, 6.07) is 11.6. The molecule has 0 unspecified atom stereocenters. The van der Waals surface area contributed by atoms with Crippen LogP contribution in [-0.2, 0) is 0 Å². The van der Waals surface area contributed by atoms with E-state index in [9.17, 15) is 9.18 Å². The van der Waals surface area contributed by atoms with E-state index in [0.717, 1.165) is 6.42 Å². The van der Waals surface area contributed by atoms with Crippen LogP contribution in [-0.4, -0.2) is 12.5 Å². The Labute approximate surface area is 123 Å².